The Balaban J connectivity index is 1.41. The van der Waals surface area contributed by atoms with Crippen molar-refractivity contribution >= 4 is 34.9 Å². The van der Waals surface area contributed by atoms with Gasteiger partial charge in [0.15, 0.2) is 5.78 Å². The fraction of sp³-hybridized carbons (Fsp3) is 0.364. The Hall–Kier alpha value is -2.11. The molecule has 0 N–H and O–H groups in total. The van der Waals surface area contributed by atoms with Crippen LogP contribution in [0.5, 0.6) is 5.75 Å². The van der Waals surface area contributed by atoms with Gasteiger partial charge >= 0.3 is 0 Å². The Kier molecular flexibility index (Phi) is 7.51. The van der Waals surface area contributed by atoms with E-state index in [0.29, 0.717) is 66.7 Å². The molecule has 1 aliphatic rings. The molecule has 0 radical (unpaired) electrons. The lowest BCUT2D eigenvalue weighted by molar-refractivity contribution is -0.132. The number of Topliss-reactive ketones (excluding diaryl/α,β-unsaturated/α-hetero) is 1. The topological polar surface area (TPSA) is 46.6 Å². The van der Waals surface area contributed by atoms with Crippen LogP contribution >= 0.6 is 23.2 Å². The van der Waals surface area contributed by atoms with Crippen molar-refractivity contribution in [2.45, 2.75) is 25.7 Å². The van der Waals surface area contributed by atoms with Gasteiger partial charge in [-0.15, -0.1) is 0 Å². The van der Waals surface area contributed by atoms with Gasteiger partial charge in [-0.1, -0.05) is 29.3 Å². The number of benzene rings is 2. The summed E-state index contributed by atoms with van der Waals surface area (Å²) in [4.78, 5) is 26.8. The predicted molar refractivity (Wildman–Crippen MR) is 111 cm³/mol. The first kappa shape index (κ1) is 21.6. The molecule has 0 spiro atoms. The maximum Gasteiger partial charge on any atom is 0.222 e. The van der Waals surface area contributed by atoms with E-state index in [4.69, 9.17) is 27.9 Å². The normalized spacial score (nSPS) is 14.7. The first-order chi connectivity index (χ1) is 13.9. The maximum atomic E-state index is 13.1. The van der Waals surface area contributed by atoms with E-state index in [-0.39, 0.29) is 23.4 Å². The average Bonchev–Trinajstić information content (AvgIpc) is 2.73. The van der Waals surface area contributed by atoms with Crippen LogP contribution in [0.25, 0.3) is 0 Å². The Morgan fingerprint density at radius 2 is 1.83 bits per heavy atom. The summed E-state index contributed by atoms with van der Waals surface area (Å²) >= 11 is 11.9. The fourth-order valence-electron chi connectivity index (χ4n) is 3.40. The summed E-state index contributed by atoms with van der Waals surface area (Å²) in [7, 11) is 0. The van der Waals surface area contributed by atoms with Crippen LogP contribution in [0.4, 0.5) is 4.39 Å². The van der Waals surface area contributed by atoms with E-state index in [1.807, 2.05) is 0 Å². The van der Waals surface area contributed by atoms with Crippen LogP contribution in [-0.4, -0.2) is 36.3 Å². The van der Waals surface area contributed by atoms with Crippen LogP contribution in [0.1, 0.15) is 36.0 Å². The molecule has 7 heteroatoms. The Morgan fingerprint density at radius 1 is 1.07 bits per heavy atom. The van der Waals surface area contributed by atoms with Crippen molar-refractivity contribution in [3.63, 3.8) is 0 Å². The van der Waals surface area contributed by atoms with Crippen LogP contribution < -0.4 is 4.74 Å². The monoisotopic (exact) mass is 437 g/mol. The highest BCUT2D eigenvalue weighted by atomic mass is 35.5. The molecule has 4 nitrogen and oxygen atoms in total. The number of carbonyl (C=O) groups is 2. The third-order valence-corrected chi connectivity index (χ3v) is 5.76. The largest absolute Gasteiger partial charge is 0.493 e. The van der Waals surface area contributed by atoms with Crippen molar-refractivity contribution in [3.05, 3.63) is 63.9 Å². The van der Waals surface area contributed by atoms with Crippen molar-refractivity contribution in [1.82, 2.24) is 4.90 Å². The van der Waals surface area contributed by atoms with Gasteiger partial charge in [-0.05, 0) is 49.6 Å². The summed E-state index contributed by atoms with van der Waals surface area (Å²) in [6.07, 6.45) is 2.17. The van der Waals surface area contributed by atoms with Gasteiger partial charge in [-0.2, -0.15) is 0 Å². The van der Waals surface area contributed by atoms with Crippen molar-refractivity contribution in [1.29, 1.82) is 0 Å². The minimum Gasteiger partial charge on any atom is -0.493 e. The van der Waals surface area contributed by atoms with Crippen LogP contribution in [0.3, 0.4) is 0 Å². The molecule has 1 amide bonds. The van der Waals surface area contributed by atoms with Gasteiger partial charge in [0.2, 0.25) is 5.91 Å². The summed E-state index contributed by atoms with van der Waals surface area (Å²) in [6.45, 7) is 1.46. The molecule has 0 unspecified atom stereocenters. The fourth-order valence-corrected chi connectivity index (χ4v) is 3.70. The minimum absolute atomic E-state index is 0.0409. The highest BCUT2D eigenvalue weighted by Gasteiger charge is 2.28. The lowest BCUT2D eigenvalue weighted by Gasteiger charge is -2.31. The second-order valence-electron chi connectivity index (χ2n) is 7.06. The molecule has 1 saturated heterocycles. The molecule has 0 bridgehead atoms. The number of nitrogens with zero attached hydrogens (tertiary/aromatic N) is 1. The van der Waals surface area contributed by atoms with E-state index in [1.54, 1.807) is 35.2 Å². The molecule has 1 heterocycles. The van der Waals surface area contributed by atoms with Crippen LogP contribution in [-0.2, 0) is 4.79 Å². The van der Waals surface area contributed by atoms with Gasteiger partial charge in [-0.3, -0.25) is 9.59 Å². The van der Waals surface area contributed by atoms with Crippen molar-refractivity contribution < 1.29 is 18.7 Å². The first-order valence-corrected chi connectivity index (χ1v) is 10.3. The molecule has 0 saturated carbocycles. The first-order valence-electron chi connectivity index (χ1n) is 9.59. The van der Waals surface area contributed by atoms with Gasteiger partial charge in [0, 0.05) is 37.1 Å². The third kappa shape index (κ3) is 5.94. The molecule has 154 valence electrons. The van der Waals surface area contributed by atoms with Crippen LogP contribution in [0.2, 0.25) is 10.0 Å². The Labute approximate surface area is 179 Å². The van der Waals surface area contributed by atoms with E-state index < -0.39 is 0 Å². The standard InChI is InChI=1S/C22H22Cl2FNO3/c23-19-7-6-16(13-20(19)24)22(28)15-8-10-26(11-9-15)21(27)5-2-12-29-18-4-1-3-17(25)14-18/h1,3-4,6-7,13-15H,2,5,8-12H2. The molecule has 0 aromatic heterocycles. The summed E-state index contributed by atoms with van der Waals surface area (Å²) in [6, 6.07) is 10.8. The maximum absolute atomic E-state index is 13.1. The van der Waals surface area contributed by atoms with Gasteiger partial charge in [0.1, 0.15) is 11.6 Å². The number of ketones is 1. The number of halogens is 3. The van der Waals surface area contributed by atoms with E-state index in [9.17, 15) is 14.0 Å². The number of carbonyl (C=O) groups excluding carboxylic acids is 2. The van der Waals surface area contributed by atoms with Gasteiger partial charge in [0.25, 0.3) is 0 Å². The predicted octanol–water partition coefficient (Wildman–Crippen LogP) is 5.41. The van der Waals surface area contributed by atoms with Crippen LogP contribution in [0, 0.1) is 11.7 Å². The summed E-state index contributed by atoms with van der Waals surface area (Å²) < 4.78 is 18.6. The number of hydrogen-bond donors (Lipinski definition) is 0. The Bertz CT molecular complexity index is 882. The molecule has 0 aliphatic carbocycles. The zero-order valence-electron chi connectivity index (χ0n) is 15.9. The van der Waals surface area contributed by atoms with Crippen molar-refractivity contribution in [3.8, 4) is 5.75 Å². The van der Waals surface area contributed by atoms with Gasteiger partial charge in [-0.25, -0.2) is 4.39 Å². The van der Waals surface area contributed by atoms with Crippen molar-refractivity contribution in [2.75, 3.05) is 19.7 Å². The molecular weight excluding hydrogens is 416 g/mol. The number of ether oxygens (including phenoxy) is 1. The van der Waals surface area contributed by atoms with Gasteiger partial charge < -0.3 is 9.64 Å². The van der Waals surface area contributed by atoms with E-state index >= 15 is 0 Å². The van der Waals surface area contributed by atoms with E-state index in [2.05, 4.69) is 0 Å². The molecular formula is C22H22Cl2FNO3. The van der Waals surface area contributed by atoms with Gasteiger partial charge in [0.05, 0.1) is 16.7 Å². The zero-order valence-corrected chi connectivity index (χ0v) is 17.4. The average molecular weight is 438 g/mol. The summed E-state index contributed by atoms with van der Waals surface area (Å²) in [5, 5.41) is 0.788. The molecule has 2 aromatic carbocycles. The number of hydrogen-bond acceptors (Lipinski definition) is 3. The molecule has 29 heavy (non-hydrogen) atoms. The van der Waals surface area contributed by atoms with E-state index in [1.165, 1.54) is 12.1 Å². The smallest absolute Gasteiger partial charge is 0.222 e. The molecule has 3 rings (SSSR count). The number of rotatable bonds is 7. The molecule has 1 aliphatic heterocycles. The molecule has 2 aromatic rings. The molecule has 0 atom stereocenters. The number of piperidine rings is 1. The molecule has 1 fully saturated rings. The number of likely N-dealkylation sites (tertiary alicyclic amines) is 1. The number of amides is 1. The Morgan fingerprint density at radius 3 is 2.52 bits per heavy atom. The second kappa shape index (κ2) is 10.1. The third-order valence-electron chi connectivity index (χ3n) is 5.02. The second-order valence-corrected chi connectivity index (χ2v) is 7.87. The quantitative estimate of drug-likeness (QED) is 0.429. The SMILES string of the molecule is O=C(c1ccc(Cl)c(Cl)c1)C1CCN(C(=O)CCCOc2cccc(F)c2)CC1. The summed E-state index contributed by atoms with van der Waals surface area (Å²) in [5.41, 5.74) is 0.554. The highest BCUT2D eigenvalue weighted by molar-refractivity contribution is 6.42. The van der Waals surface area contributed by atoms with Crippen LogP contribution in [0.15, 0.2) is 42.5 Å². The lowest BCUT2D eigenvalue weighted by atomic mass is 9.89. The van der Waals surface area contributed by atoms with E-state index in [0.717, 1.165) is 0 Å². The summed E-state index contributed by atoms with van der Waals surface area (Å²) in [5.74, 6) is 0.0796. The minimum atomic E-state index is -0.350. The van der Waals surface area contributed by atoms with Crippen molar-refractivity contribution in [2.24, 2.45) is 5.92 Å². The zero-order chi connectivity index (χ0) is 20.8. The highest BCUT2D eigenvalue weighted by Crippen LogP contribution is 2.27. The lowest BCUT2D eigenvalue weighted by Crippen LogP contribution is -2.40.